The zero-order valence-corrected chi connectivity index (χ0v) is 12.1. The molecule has 2 heterocycles. The Morgan fingerprint density at radius 2 is 1.83 bits per heavy atom. The third-order valence-corrected chi connectivity index (χ3v) is 3.85. The molecule has 0 amide bonds. The summed E-state index contributed by atoms with van der Waals surface area (Å²) in [5.74, 6) is -1.85. The summed E-state index contributed by atoms with van der Waals surface area (Å²) in [4.78, 5) is 39.2. The van der Waals surface area contributed by atoms with E-state index >= 15 is 0 Å². The number of aromatic carboxylic acids is 1. The van der Waals surface area contributed by atoms with Crippen molar-refractivity contribution in [2.24, 2.45) is 0 Å². The summed E-state index contributed by atoms with van der Waals surface area (Å²) >= 11 is 0. The van der Waals surface area contributed by atoms with Gasteiger partial charge >= 0.3 is 11.7 Å². The molecule has 118 valence electrons. The molecule has 4 rings (SSSR count). The summed E-state index contributed by atoms with van der Waals surface area (Å²) in [6.45, 7) is 0. The van der Waals surface area contributed by atoms with E-state index in [1.54, 1.807) is 36.4 Å². The third-order valence-electron chi connectivity index (χ3n) is 3.85. The lowest BCUT2D eigenvalue weighted by atomic mass is 10.0. The number of H-pyrrole nitrogens is 2. The molecule has 3 N–H and O–H groups in total. The van der Waals surface area contributed by atoms with Crippen LogP contribution in [0.2, 0.25) is 0 Å². The zero-order valence-electron chi connectivity index (χ0n) is 12.1. The van der Waals surface area contributed by atoms with E-state index in [2.05, 4.69) is 9.97 Å². The van der Waals surface area contributed by atoms with Gasteiger partial charge < -0.3 is 14.5 Å². The van der Waals surface area contributed by atoms with Gasteiger partial charge in [0.1, 0.15) is 11.3 Å². The van der Waals surface area contributed by atoms with Crippen molar-refractivity contribution in [1.29, 1.82) is 0 Å². The van der Waals surface area contributed by atoms with Crippen LogP contribution in [0.4, 0.5) is 0 Å². The molecule has 0 fully saturated rings. The molecule has 0 unspecified atom stereocenters. The number of hydrogen-bond donors (Lipinski definition) is 3. The number of rotatable bonds is 2. The van der Waals surface area contributed by atoms with Crippen LogP contribution in [0.1, 0.15) is 10.5 Å². The highest BCUT2D eigenvalue weighted by molar-refractivity contribution is 6.01. The molecule has 2 aromatic heterocycles. The maximum Gasteiger partial charge on any atom is 0.419 e. The summed E-state index contributed by atoms with van der Waals surface area (Å²) in [5, 5.41) is 10.1. The molecule has 2 aromatic carbocycles. The Balaban J connectivity index is 2.00. The number of carboxylic acid groups (broad SMARTS) is 1. The first-order valence-corrected chi connectivity index (χ1v) is 7.05. The van der Waals surface area contributed by atoms with Crippen LogP contribution in [-0.2, 0) is 0 Å². The van der Waals surface area contributed by atoms with Gasteiger partial charge in [-0.15, -0.1) is 0 Å². The van der Waals surface area contributed by atoms with E-state index in [1.807, 2.05) is 6.07 Å². The van der Waals surface area contributed by atoms with Crippen LogP contribution in [0, 0.1) is 0 Å². The van der Waals surface area contributed by atoms with Crippen molar-refractivity contribution in [2.75, 3.05) is 0 Å². The molecule has 0 saturated carbocycles. The van der Waals surface area contributed by atoms with Gasteiger partial charge in [-0.05, 0) is 35.4 Å². The van der Waals surface area contributed by atoms with Gasteiger partial charge in [-0.2, -0.15) is 0 Å². The lowest BCUT2D eigenvalue weighted by Gasteiger charge is -2.04. The van der Waals surface area contributed by atoms with Gasteiger partial charge in [0.05, 0.1) is 5.39 Å². The molecule has 4 aromatic rings. The second kappa shape index (κ2) is 4.95. The third kappa shape index (κ3) is 2.11. The highest BCUT2D eigenvalue weighted by Crippen LogP contribution is 2.30. The number of nitrogens with one attached hydrogen (secondary N) is 2. The van der Waals surface area contributed by atoms with Gasteiger partial charge in [0.15, 0.2) is 0 Å². The Kier molecular flexibility index (Phi) is 2.89. The van der Waals surface area contributed by atoms with Crippen LogP contribution in [-0.4, -0.2) is 21.0 Å². The second-order valence-corrected chi connectivity index (χ2v) is 5.31. The summed E-state index contributed by atoms with van der Waals surface area (Å²) in [6, 6.07) is 11.8. The smallest absolute Gasteiger partial charge is 0.419 e. The van der Waals surface area contributed by atoms with Crippen LogP contribution in [0.25, 0.3) is 33.0 Å². The Bertz CT molecular complexity index is 1230. The summed E-state index contributed by atoms with van der Waals surface area (Å²) in [7, 11) is 0. The summed E-state index contributed by atoms with van der Waals surface area (Å²) in [5.41, 5.74) is 1.91. The van der Waals surface area contributed by atoms with Crippen molar-refractivity contribution in [3.05, 3.63) is 69.1 Å². The van der Waals surface area contributed by atoms with Crippen molar-refractivity contribution in [2.45, 2.75) is 0 Å². The lowest BCUT2D eigenvalue weighted by molar-refractivity contribution is 0.0691. The Morgan fingerprint density at radius 1 is 1.00 bits per heavy atom. The monoisotopic (exact) mass is 322 g/mol. The number of aromatic nitrogens is 2. The molecule has 0 aliphatic carbocycles. The van der Waals surface area contributed by atoms with E-state index in [9.17, 15) is 14.4 Å². The van der Waals surface area contributed by atoms with Gasteiger partial charge in [0.2, 0.25) is 0 Å². The molecule has 0 aliphatic heterocycles. The highest BCUT2D eigenvalue weighted by Gasteiger charge is 2.12. The second-order valence-electron chi connectivity index (χ2n) is 5.31. The van der Waals surface area contributed by atoms with E-state index in [-0.39, 0.29) is 16.7 Å². The molecule has 0 saturated heterocycles. The fourth-order valence-corrected chi connectivity index (χ4v) is 2.77. The first kappa shape index (κ1) is 14.0. The number of carboxylic acids is 1. The van der Waals surface area contributed by atoms with E-state index in [1.165, 1.54) is 0 Å². The fourth-order valence-electron chi connectivity index (χ4n) is 2.77. The predicted octanol–water partition coefficient (Wildman–Crippen LogP) is 2.33. The Hall–Kier alpha value is -3.61. The molecule has 0 bridgehead atoms. The number of hydrogen-bond acceptors (Lipinski definition) is 4. The Labute approximate surface area is 133 Å². The first-order chi connectivity index (χ1) is 11.5. The van der Waals surface area contributed by atoms with E-state index in [0.29, 0.717) is 11.1 Å². The number of benzene rings is 2. The normalized spacial score (nSPS) is 11.2. The maximum atomic E-state index is 11.9. The largest absolute Gasteiger partial charge is 0.477 e. The molecular weight excluding hydrogens is 312 g/mol. The van der Waals surface area contributed by atoms with Crippen LogP contribution >= 0.6 is 0 Å². The minimum atomic E-state index is -1.05. The van der Waals surface area contributed by atoms with Crippen molar-refractivity contribution in [3.8, 4) is 11.1 Å². The molecular formula is C17H10N2O5. The van der Waals surface area contributed by atoms with Crippen molar-refractivity contribution in [1.82, 2.24) is 9.97 Å². The average Bonchev–Trinajstić information content (AvgIpc) is 2.99. The molecule has 0 atom stereocenters. The van der Waals surface area contributed by atoms with Crippen LogP contribution in [0.3, 0.4) is 0 Å². The van der Waals surface area contributed by atoms with Gasteiger partial charge in [-0.3, -0.25) is 9.78 Å². The van der Waals surface area contributed by atoms with Crippen LogP contribution in [0.15, 0.2) is 56.5 Å². The van der Waals surface area contributed by atoms with E-state index < -0.39 is 17.3 Å². The van der Waals surface area contributed by atoms with Gasteiger partial charge in [0, 0.05) is 10.9 Å². The molecule has 7 nitrogen and oxygen atoms in total. The van der Waals surface area contributed by atoms with Crippen LogP contribution in [0.5, 0.6) is 0 Å². The lowest BCUT2D eigenvalue weighted by Crippen LogP contribution is -2.17. The fraction of sp³-hybridized carbons (Fsp3) is 0. The standard InChI is InChI=1S/C17H10N2O5/c20-15-11-6-8(4-5-14(11)24-17(23)19-15)9-2-1-3-12-10(9)7-13(18-12)16(21)22/h1-7,18H,(H,21,22)(H,19,20,23). The molecule has 0 spiro atoms. The number of fused-ring (bicyclic) bond motifs is 2. The number of aromatic amines is 2. The SMILES string of the molecule is O=C(O)c1cc2c(-c3ccc4oc(=O)[nH]c(=O)c4c3)cccc2[nH]1. The molecule has 7 heteroatoms. The summed E-state index contributed by atoms with van der Waals surface area (Å²) < 4.78 is 4.96. The minimum Gasteiger partial charge on any atom is -0.477 e. The first-order valence-electron chi connectivity index (χ1n) is 7.05. The van der Waals surface area contributed by atoms with Gasteiger partial charge in [-0.1, -0.05) is 18.2 Å². The van der Waals surface area contributed by atoms with Crippen LogP contribution < -0.4 is 11.3 Å². The zero-order chi connectivity index (χ0) is 16.8. The molecule has 24 heavy (non-hydrogen) atoms. The topological polar surface area (TPSA) is 116 Å². The van der Waals surface area contributed by atoms with Gasteiger partial charge in [-0.25, -0.2) is 9.59 Å². The van der Waals surface area contributed by atoms with Crippen molar-refractivity contribution in [3.63, 3.8) is 0 Å². The average molecular weight is 322 g/mol. The molecule has 0 aliphatic rings. The summed E-state index contributed by atoms with van der Waals surface area (Å²) in [6.07, 6.45) is 0. The quantitative estimate of drug-likeness (QED) is 0.524. The Morgan fingerprint density at radius 3 is 2.62 bits per heavy atom. The van der Waals surface area contributed by atoms with E-state index in [0.717, 1.165) is 10.9 Å². The highest BCUT2D eigenvalue weighted by atomic mass is 16.4. The van der Waals surface area contributed by atoms with Crippen molar-refractivity contribution < 1.29 is 14.3 Å². The minimum absolute atomic E-state index is 0.0853. The number of carbonyl (C=O) groups is 1. The van der Waals surface area contributed by atoms with E-state index in [4.69, 9.17) is 9.52 Å². The van der Waals surface area contributed by atoms with Gasteiger partial charge in [0.25, 0.3) is 5.56 Å². The maximum absolute atomic E-state index is 11.9. The predicted molar refractivity (Wildman–Crippen MR) is 87.4 cm³/mol. The molecule has 0 radical (unpaired) electrons. The van der Waals surface area contributed by atoms with Crippen molar-refractivity contribution >= 4 is 27.8 Å².